The van der Waals surface area contributed by atoms with Crippen molar-refractivity contribution >= 4 is 12.0 Å². The van der Waals surface area contributed by atoms with E-state index in [4.69, 9.17) is 9.47 Å². The summed E-state index contributed by atoms with van der Waals surface area (Å²) in [6.45, 7) is 8.59. The van der Waals surface area contributed by atoms with E-state index in [2.05, 4.69) is 16.5 Å². The molecule has 9 nitrogen and oxygen atoms in total. The third-order valence-corrected chi connectivity index (χ3v) is 6.79. The van der Waals surface area contributed by atoms with Crippen molar-refractivity contribution in [1.82, 2.24) is 24.9 Å². The van der Waals surface area contributed by atoms with E-state index in [0.717, 1.165) is 31.7 Å². The van der Waals surface area contributed by atoms with Crippen molar-refractivity contribution < 1.29 is 19.1 Å². The van der Waals surface area contributed by atoms with Gasteiger partial charge in [-0.05, 0) is 76.9 Å². The van der Waals surface area contributed by atoms with Crippen LogP contribution in [0.2, 0.25) is 0 Å². The number of piperidine rings is 1. The Labute approximate surface area is 217 Å². The molecule has 37 heavy (non-hydrogen) atoms. The topological polar surface area (TPSA) is 88.9 Å². The number of carbonyl (C=O) groups is 2. The molecule has 1 fully saturated rings. The van der Waals surface area contributed by atoms with E-state index < -0.39 is 11.7 Å². The van der Waals surface area contributed by atoms with Gasteiger partial charge in [-0.1, -0.05) is 30.4 Å². The Balaban J connectivity index is 1.38. The Morgan fingerprint density at radius 3 is 2.62 bits per heavy atom. The predicted molar refractivity (Wildman–Crippen MR) is 139 cm³/mol. The van der Waals surface area contributed by atoms with Crippen molar-refractivity contribution in [3.8, 4) is 5.75 Å². The molecule has 1 aromatic carbocycles. The van der Waals surface area contributed by atoms with Gasteiger partial charge in [0, 0.05) is 6.54 Å². The highest BCUT2D eigenvalue weighted by molar-refractivity contribution is 5.95. The number of allylic oxidation sites excluding steroid dienone is 2. The lowest BCUT2D eigenvalue weighted by Gasteiger charge is -2.43. The van der Waals surface area contributed by atoms with Crippen LogP contribution in [0.5, 0.6) is 5.75 Å². The molecule has 0 radical (unpaired) electrons. The molecule has 2 aromatic rings. The number of para-hydroxylation sites is 1. The Morgan fingerprint density at radius 2 is 1.89 bits per heavy atom. The van der Waals surface area contributed by atoms with Crippen molar-refractivity contribution in [2.75, 3.05) is 19.6 Å². The molecule has 3 aliphatic heterocycles. The van der Waals surface area contributed by atoms with Gasteiger partial charge in [0.15, 0.2) is 0 Å². The van der Waals surface area contributed by atoms with Crippen molar-refractivity contribution in [1.29, 1.82) is 0 Å². The van der Waals surface area contributed by atoms with Gasteiger partial charge in [-0.3, -0.25) is 19.3 Å². The molecule has 1 aromatic heterocycles. The highest BCUT2D eigenvalue weighted by atomic mass is 16.6. The second-order valence-electron chi connectivity index (χ2n) is 10.6. The molecule has 1 atom stereocenters. The average Bonchev–Trinajstić information content (AvgIpc) is 3.32. The number of nitrogens with one attached hydrogen (secondary N) is 1. The number of ether oxygens (including phenoxy) is 2. The van der Waals surface area contributed by atoms with Crippen LogP contribution in [-0.4, -0.2) is 62.9 Å². The minimum absolute atomic E-state index is 0.175. The summed E-state index contributed by atoms with van der Waals surface area (Å²) in [6, 6.07) is 11.1. The van der Waals surface area contributed by atoms with Crippen LogP contribution in [0.4, 0.5) is 4.79 Å². The number of hydrogen-bond donors (Lipinski definition) is 1. The van der Waals surface area contributed by atoms with Crippen LogP contribution >= 0.6 is 0 Å². The maximum absolute atomic E-state index is 13.7. The van der Waals surface area contributed by atoms with Gasteiger partial charge in [0.25, 0.3) is 5.91 Å². The van der Waals surface area contributed by atoms with E-state index in [1.807, 2.05) is 63.3 Å². The predicted octanol–water partition coefficient (Wildman–Crippen LogP) is 3.93. The first kappa shape index (κ1) is 25.1. The van der Waals surface area contributed by atoms with E-state index in [-0.39, 0.29) is 24.5 Å². The van der Waals surface area contributed by atoms with Gasteiger partial charge >= 0.3 is 6.09 Å². The fourth-order valence-corrected chi connectivity index (χ4v) is 5.09. The normalized spacial score (nSPS) is 20.5. The summed E-state index contributed by atoms with van der Waals surface area (Å²) in [5, 5.41) is 7.98. The molecular formula is C28H35N5O4. The maximum atomic E-state index is 13.7. The maximum Gasteiger partial charge on any atom is 0.416 e. The summed E-state index contributed by atoms with van der Waals surface area (Å²) in [6.07, 6.45) is 7.32. The third kappa shape index (κ3) is 5.56. The number of hydrogen-bond acceptors (Lipinski definition) is 6. The third-order valence-electron chi connectivity index (χ3n) is 6.79. The van der Waals surface area contributed by atoms with Crippen molar-refractivity contribution in [3.05, 3.63) is 71.8 Å². The fraction of sp³-hybridized carbons (Fsp3) is 0.464. The minimum Gasteiger partial charge on any atom is -0.487 e. The Morgan fingerprint density at radius 1 is 1.14 bits per heavy atom. The molecular weight excluding hydrogens is 470 g/mol. The summed E-state index contributed by atoms with van der Waals surface area (Å²) < 4.78 is 13.4. The number of benzene rings is 1. The van der Waals surface area contributed by atoms with E-state index >= 15 is 0 Å². The molecule has 2 amide bonds. The van der Waals surface area contributed by atoms with Gasteiger partial charge < -0.3 is 14.8 Å². The molecule has 1 saturated heterocycles. The van der Waals surface area contributed by atoms with Gasteiger partial charge in [0.05, 0.1) is 12.6 Å². The SMILES string of the molecule is CC(C)(C)OC(=O)N1C(N2CCn3nc(COc4ccccc4)cc3C2=O)=CC=CC1C1CCNCC1. The monoisotopic (exact) mass is 505 g/mol. The average molecular weight is 506 g/mol. The Hall–Kier alpha value is -3.59. The van der Waals surface area contributed by atoms with Crippen LogP contribution in [-0.2, 0) is 17.9 Å². The standard InChI is InChI=1S/C28H35N5O4/c1-28(2,3)37-27(35)33-23(20-12-14-29-15-13-20)10-7-11-25(33)31-16-17-32-24(26(31)34)18-21(30-32)19-36-22-8-5-4-6-9-22/h4-11,18,20,23,29H,12-17,19H2,1-3H3. The lowest BCUT2D eigenvalue weighted by molar-refractivity contribution is 0.0126. The van der Waals surface area contributed by atoms with E-state index in [9.17, 15) is 9.59 Å². The summed E-state index contributed by atoms with van der Waals surface area (Å²) in [5.41, 5.74) is 0.513. The van der Waals surface area contributed by atoms with E-state index in [1.165, 1.54) is 0 Å². The molecule has 196 valence electrons. The highest BCUT2D eigenvalue weighted by Gasteiger charge is 2.41. The van der Waals surface area contributed by atoms with Crippen molar-refractivity contribution in [2.45, 2.75) is 58.4 Å². The molecule has 0 aliphatic carbocycles. The first-order valence-electron chi connectivity index (χ1n) is 13.0. The Bertz CT molecular complexity index is 1190. The van der Waals surface area contributed by atoms with Crippen LogP contribution in [0, 0.1) is 5.92 Å². The van der Waals surface area contributed by atoms with Gasteiger partial charge in [-0.15, -0.1) is 0 Å². The number of nitrogens with zero attached hydrogens (tertiary/aromatic N) is 4. The lowest BCUT2D eigenvalue weighted by Crippen LogP contribution is -2.54. The number of aromatic nitrogens is 2. The second kappa shape index (κ2) is 10.4. The van der Waals surface area contributed by atoms with Gasteiger partial charge in [-0.25, -0.2) is 4.79 Å². The second-order valence-corrected chi connectivity index (χ2v) is 10.6. The fourth-order valence-electron chi connectivity index (χ4n) is 5.09. The molecule has 0 bridgehead atoms. The van der Waals surface area contributed by atoms with Crippen molar-refractivity contribution in [2.24, 2.45) is 5.92 Å². The van der Waals surface area contributed by atoms with Gasteiger partial charge in [0.1, 0.15) is 35.2 Å². The highest BCUT2D eigenvalue weighted by Crippen LogP contribution is 2.32. The van der Waals surface area contributed by atoms with Gasteiger partial charge in [-0.2, -0.15) is 5.10 Å². The van der Waals surface area contributed by atoms with Crippen LogP contribution < -0.4 is 10.1 Å². The summed E-state index contributed by atoms with van der Waals surface area (Å²) in [7, 11) is 0. The summed E-state index contributed by atoms with van der Waals surface area (Å²) in [4.78, 5) is 30.6. The summed E-state index contributed by atoms with van der Waals surface area (Å²) >= 11 is 0. The molecule has 0 spiro atoms. The first-order valence-corrected chi connectivity index (χ1v) is 13.0. The number of fused-ring (bicyclic) bond motifs is 1. The molecule has 3 aliphatic rings. The number of amides is 2. The van der Waals surface area contributed by atoms with E-state index in [0.29, 0.717) is 30.3 Å². The zero-order chi connectivity index (χ0) is 26.0. The molecule has 1 N–H and O–H groups in total. The first-order chi connectivity index (χ1) is 17.8. The van der Waals surface area contributed by atoms with Crippen LogP contribution in [0.25, 0.3) is 0 Å². The van der Waals surface area contributed by atoms with Gasteiger partial charge in [0.2, 0.25) is 0 Å². The van der Waals surface area contributed by atoms with Crippen LogP contribution in [0.15, 0.2) is 60.4 Å². The lowest BCUT2D eigenvalue weighted by atomic mass is 9.88. The quantitative estimate of drug-likeness (QED) is 0.662. The molecule has 0 saturated carbocycles. The van der Waals surface area contributed by atoms with Crippen LogP contribution in [0.3, 0.4) is 0 Å². The molecule has 4 heterocycles. The number of rotatable bonds is 5. The smallest absolute Gasteiger partial charge is 0.416 e. The molecule has 5 rings (SSSR count). The minimum atomic E-state index is -0.653. The summed E-state index contributed by atoms with van der Waals surface area (Å²) in [5.74, 6) is 1.39. The molecule has 1 unspecified atom stereocenters. The van der Waals surface area contributed by atoms with E-state index in [1.54, 1.807) is 20.5 Å². The Kier molecular flexibility index (Phi) is 7.06. The zero-order valence-electron chi connectivity index (χ0n) is 21.7. The van der Waals surface area contributed by atoms with Crippen molar-refractivity contribution in [3.63, 3.8) is 0 Å². The number of carbonyl (C=O) groups excluding carboxylic acids is 2. The van der Waals surface area contributed by atoms with Crippen LogP contribution in [0.1, 0.15) is 49.8 Å². The largest absolute Gasteiger partial charge is 0.487 e. The molecule has 9 heteroatoms. The zero-order valence-corrected chi connectivity index (χ0v) is 21.7.